The lowest BCUT2D eigenvalue weighted by molar-refractivity contribution is 0.0702. The van der Waals surface area contributed by atoms with Gasteiger partial charge in [0.1, 0.15) is 5.75 Å². The van der Waals surface area contributed by atoms with Crippen LogP contribution in [-0.4, -0.2) is 32.2 Å². The fraction of sp³-hybridized carbons (Fsp3) is 0.500. The van der Waals surface area contributed by atoms with Crippen molar-refractivity contribution < 1.29 is 9.90 Å². The molecule has 1 amide bonds. The lowest BCUT2D eigenvalue weighted by Gasteiger charge is -2.29. The van der Waals surface area contributed by atoms with Crippen molar-refractivity contribution in [2.75, 3.05) is 6.54 Å². The van der Waals surface area contributed by atoms with E-state index in [2.05, 4.69) is 18.5 Å². The van der Waals surface area contributed by atoms with Crippen LogP contribution >= 0.6 is 0 Å². The molecule has 1 aromatic heterocycles. The third-order valence-electron chi connectivity index (χ3n) is 5.47. The third-order valence-corrected chi connectivity index (χ3v) is 5.47. The van der Waals surface area contributed by atoms with Gasteiger partial charge in [-0.1, -0.05) is 19.9 Å². The van der Waals surface area contributed by atoms with Crippen molar-refractivity contribution in [3.63, 3.8) is 0 Å². The van der Waals surface area contributed by atoms with Crippen LogP contribution < -0.4 is 0 Å². The number of fused-ring (bicyclic) bond motifs is 3. The summed E-state index contributed by atoms with van der Waals surface area (Å²) in [6, 6.07) is 5.36. The zero-order chi connectivity index (χ0) is 17.6. The summed E-state index contributed by atoms with van der Waals surface area (Å²) >= 11 is 0. The highest BCUT2D eigenvalue weighted by atomic mass is 16.3. The number of hydrogen-bond donors (Lipinski definition) is 1. The second-order valence-corrected chi connectivity index (χ2v) is 7.46. The number of amides is 1. The minimum atomic E-state index is -0.0861. The number of aromatic hydroxyl groups is 1. The summed E-state index contributed by atoms with van der Waals surface area (Å²) in [6.45, 7) is 6.14. The van der Waals surface area contributed by atoms with Crippen LogP contribution in [0.15, 0.2) is 18.2 Å². The Balaban J connectivity index is 1.62. The minimum absolute atomic E-state index is 0.0653. The van der Waals surface area contributed by atoms with Gasteiger partial charge in [0.25, 0.3) is 5.91 Å². The van der Waals surface area contributed by atoms with Crippen molar-refractivity contribution >= 4 is 5.91 Å². The Hall–Kier alpha value is -2.30. The number of phenols is 1. The van der Waals surface area contributed by atoms with E-state index in [4.69, 9.17) is 5.10 Å². The van der Waals surface area contributed by atoms with Gasteiger partial charge in [0, 0.05) is 6.54 Å². The second-order valence-electron chi connectivity index (χ2n) is 7.46. The first-order chi connectivity index (χ1) is 12.0. The SMILES string of the molecule is CC(C)c1ccc(O)c(C(=O)N2CCn3nc4c(c3C2)CCCC4)c1. The Labute approximate surface area is 148 Å². The highest BCUT2D eigenvalue weighted by molar-refractivity contribution is 5.97. The van der Waals surface area contributed by atoms with Crippen LogP contribution in [0.5, 0.6) is 5.75 Å². The summed E-state index contributed by atoms with van der Waals surface area (Å²) in [6.07, 6.45) is 4.54. The summed E-state index contributed by atoms with van der Waals surface area (Å²) in [5.74, 6) is 0.300. The van der Waals surface area contributed by atoms with Gasteiger partial charge < -0.3 is 10.0 Å². The number of carbonyl (C=O) groups is 1. The van der Waals surface area contributed by atoms with Crippen molar-refractivity contribution in [2.45, 2.75) is 58.5 Å². The van der Waals surface area contributed by atoms with Crippen LogP contribution in [0.3, 0.4) is 0 Å². The smallest absolute Gasteiger partial charge is 0.258 e. The van der Waals surface area contributed by atoms with Crippen molar-refractivity contribution in [3.05, 3.63) is 46.3 Å². The average Bonchev–Trinajstić information content (AvgIpc) is 2.99. The van der Waals surface area contributed by atoms with Gasteiger partial charge in [-0.3, -0.25) is 9.48 Å². The molecule has 0 bridgehead atoms. The first-order valence-corrected chi connectivity index (χ1v) is 9.24. The minimum Gasteiger partial charge on any atom is -0.507 e. The number of phenolic OH excluding ortho intramolecular Hbond substituents is 1. The topological polar surface area (TPSA) is 58.4 Å². The molecule has 1 aromatic carbocycles. The van der Waals surface area contributed by atoms with Gasteiger partial charge in [-0.2, -0.15) is 5.10 Å². The predicted molar refractivity (Wildman–Crippen MR) is 95.8 cm³/mol. The molecular weight excluding hydrogens is 314 g/mol. The standard InChI is InChI=1S/C20H25N3O2/c1-13(2)14-7-8-19(24)16(11-14)20(25)22-9-10-23-18(12-22)15-5-3-4-6-17(15)21-23/h7-8,11,13,24H,3-6,9-10,12H2,1-2H3. The Bertz CT molecular complexity index is 823. The van der Waals surface area contributed by atoms with Crippen molar-refractivity contribution in [1.82, 2.24) is 14.7 Å². The van der Waals surface area contributed by atoms with Gasteiger partial charge in [0.2, 0.25) is 0 Å². The van der Waals surface area contributed by atoms with E-state index in [0.717, 1.165) is 24.9 Å². The molecule has 2 aliphatic rings. The van der Waals surface area contributed by atoms with E-state index >= 15 is 0 Å². The van der Waals surface area contributed by atoms with Crippen LogP contribution in [0, 0.1) is 0 Å². The number of rotatable bonds is 2. The number of benzene rings is 1. The molecule has 0 spiro atoms. The summed E-state index contributed by atoms with van der Waals surface area (Å²) in [5, 5.41) is 14.9. The third kappa shape index (κ3) is 2.81. The Morgan fingerprint density at radius 1 is 1.20 bits per heavy atom. The highest BCUT2D eigenvalue weighted by Gasteiger charge is 2.29. The monoisotopic (exact) mass is 339 g/mol. The molecule has 4 rings (SSSR count). The highest BCUT2D eigenvalue weighted by Crippen LogP contribution is 2.29. The molecule has 0 radical (unpaired) electrons. The fourth-order valence-corrected chi connectivity index (χ4v) is 3.94. The van der Waals surface area contributed by atoms with E-state index in [1.165, 1.54) is 29.8 Å². The maximum atomic E-state index is 13.0. The Morgan fingerprint density at radius 3 is 2.80 bits per heavy atom. The molecular formula is C20H25N3O2. The molecule has 1 aliphatic carbocycles. The van der Waals surface area contributed by atoms with Gasteiger partial charge in [-0.15, -0.1) is 0 Å². The summed E-state index contributed by atoms with van der Waals surface area (Å²) in [5.41, 5.74) is 5.24. The van der Waals surface area contributed by atoms with Crippen LogP contribution in [-0.2, 0) is 25.9 Å². The van der Waals surface area contributed by atoms with E-state index < -0.39 is 0 Å². The van der Waals surface area contributed by atoms with Crippen LogP contribution in [0.1, 0.15) is 65.5 Å². The fourth-order valence-electron chi connectivity index (χ4n) is 3.94. The molecule has 2 heterocycles. The summed E-state index contributed by atoms with van der Waals surface area (Å²) < 4.78 is 2.09. The zero-order valence-corrected chi connectivity index (χ0v) is 15.0. The first-order valence-electron chi connectivity index (χ1n) is 9.24. The summed E-state index contributed by atoms with van der Waals surface area (Å²) in [7, 11) is 0. The van der Waals surface area contributed by atoms with Gasteiger partial charge in [-0.25, -0.2) is 0 Å². The van der Waals surface area contributed by atoms with Gasteiger partial charge in [0.05, 0.1) is 30.0 Å². The molecule has 0 saturated carbocycles. The maximum Gasteiger partial charge on any atom is 0.258 e. The van der Waals surface area contributed by atoms with Gasteiger partial charge >= 0.3 is 0 Å². The second kappa shape index (κ2) is 6.21. The quantitative estimate of drug-likeness (QED) is 0.914. The number of aryl methyl sites for hydroxylation is 1. The molecule has 0 atom stereocenters. The number of aromatic nitrogens is 2. The van der Waals surface area contributed by atoms with E-state index in [9.17, 15) is 9.90 Å². The lowest BCUT2D eigenvalue weighted by atomic mass is 9.95. The van der Waals surface area contributed by atoms with Crippen molar-refractivity contribution in [2.24, 2.45) is 0 Å². The lowest BCUT2D eigenvalue weighted by Crippen LogP contribution is -2.38. The Morgan fingerprint density at radius 2 is 2.00 bits per heavy atom. The van der Waals surface area contributed by atoms with E-state index in [-0.39, 0.29) is 11.7 Å². The number of carbonyl (C=O) groups excluding carboxylic acids is 1. The maximum absolute atomic E-state index is 13.0. The van der Waals surface area contributed by atoms with Gasteiger partial charge in [0.15, 0.2) is 0 Å². The van der Waals surface area contributed by atoms with Crippen molar-refractivity contribution in [3.8, 4) is 5.75 Å². The molecule has 5 heteroatoms. The van der Waals surface area contributed by atoms with Gasteiger partial charge in [-0.05, 0) is 54.9 Å². The molecule has 0 fully saturated rings. The molecule has 0 saturated heterocycles. The molecule has 1 aliphatic heterocycles. The first kappa shape index (κ1) is 16.2. The predicted octanol–water partition coefficient (Wildman–Crippen LogP) is 3.25. The normalized spacial score (nSPS) is 16.7. The molecule has 25 heavy (non-hydrogen) atoms. The van der Waals surface area contributed by atoms with Crippen molar-refractivity contribution in [1.29, 1.82) is 0 Å². The number of nitrogens with zero attached hydrogens (tertiary/aromatic N) is 3. The van der Waals surface area contributed by atoms with Crippen LogP contribution in [0.25, 0.3) is 0 Å². The van der Waals surface area contributed by atoms with Crippen LogP contribution in [0.4, 0.5) is 0 Å². The van der Waals surface area contributed by atoms with E-state index in [0.29, 0.717) is 24.6 Å². The van der Waals surface area contributed by atoms with E-state index in [1.54, 1.807) is 6.07 Å². The summed E-state index contributed by atoms with van der Waals surface area (Å²) in [4.78, 5) is 14.9. The Kier molecular flexibility index (Phi) is 4.02. The molecule has 1 N–H and O–H groups in total. The number of hydrogen-bond acceptors (Lipinski definition) is 3. The van der Waals surface area contributed by atoms with Crippen LogP contribution in [0.2, 0.25) is 0 Å². The van der Waals surface area contributed by atoms with E-state index in [1.807, 2.05) is 17.0 Å². The molecule has 2 aromatic rings. The molecule has 132 valence electrons. The molecule has 5 nitrogen and oxygen atoms in total. The zero-order valence-electron chi connectivity index (χ0n) is 15.0. The molecule has 0 unspecified atom stereocenters. The average molecular weight is 339 g/mol. The largest absolute Gasteiger partial charge is 0.507 e.